The molecule has 1 N–H and O–H groups in total. The van der Waals surface area contributed by atoms with Crippen molar-refractivity contribution in [2.24, 2.45) is 5.92 Å². The van der Waals surface area contributed by atoms with Crippen molar-refractivity contribution < 1.29 is 19.4 Å². The standard InChI is InChI=1S/C13H17NO4/c1-17-11-4-3-9(12(5-11)18-2)6-14-7-10(8-14)13(15)16/h3-5,10H,6-8H2,1-2H3,(H,15,16). The smallest absolute Gasteiger partial charge is 0.309 e. The quantitative estimate of drug-likeness (QED) is 0.852. The highest BCUT2D eigenvalue weighted by molar-refractivity contribution is 5.71. The SMILES string of the molecule is COc1ccc(CN2CC(C(=O)O)C2)c(OC)c1. The summed E-state index contributed by atoms with van der Waals surface area (Å²) < 4.78 is 10.4. The number of aliphatic carboxylic acids is 1. The zero-order valence-electron chi connectivity index (χ0n) is 10.5. The summed E-state index contributed by atoms with van der Waals surface area (Å²) in [6.45, 7) is 1.91. The van der Waals surface area contributed by atoms with Gasteiger partial charge in [0.25, 0.3) is 0 Å². The van der Waals surface area contributed by atoms with Crippen LogP contribution in [0.15, 0.2) is 18.2 Å². The summed E-state index contributed by atoms with van der Waals surface area (Å²) in [4.78, 5) is 12.8. The van der Waals surface area contributed by atoms with Crippen molar-refractivity contribution in [2.45, 2.75) is 6.54 Å². The molecule has 0 radical (unpaired) electrons. The zero-order chi connectivity index (χ0) is 13.1. The first kappa shape index (κ1) is 12.7. The summed E-state index contributed by atoms with van der Waals surface area (Å²) in [5, 5.41) is 8.82. The Morgan fingerprint density at radius 2 is 2.11 bits per heavy atom. The summed E-state index contributed by atoms with van der Waals surface area (Å²) in [5.74, 6) is 0.581. The molecular weight excluding hydrogens is 234 g/mol. The lowest BCUT2D eigenvalue weighted by Crippen LogP contribution is -2.49. The predicted octanol–water partition coefficient (Wildman–Crippen LogP) is 1.22. The first-order valence-electron chi connectivity index (χ1n) is 5.80. The third-order valence-electron chi connectivity index (χ3n) is 3.19. The van der Waals surface area contributed by atoms with E-state index < -0.39 is 5.97 Å². The fourth-order valence-electron chi connectivity index (χ4n) is 2.08. The maximum atomic E-state index is 10.7. The third kappa shape index (κ3) is 2.56. The van der Waals surface area contributed by atoms with E-state index in [4.69, 9.17) is 14.6 Å². The van der Waals surface area contributed by atoms with Gasteiger partial charge in [-0.25, -0.2) is 0 Å². The van der Waals surface area contributed by atoms with E-state index in [-0.39, 0.29) is 5.92 Å². The first-order chi connectivity index (χ1) is 8.63. The maximum Gasteiger partial charge on any atom is 0.309 e. The van der Waals surface area contributed by atoms with E-state index in [2.05, 4.69) is 4.90 Å². The number of carboxylic acid groups (broad SMARTS) is 1. The third-order valence-corrected chi connectivity index (χ3v) is 3.19. The highest BCUT2D eigenvalue weighted by Gasteiger charge is 2.32. The highest BCUT2D eigenvalue weighted by atomic mass is 16.5. The molecule has 0 atom stereocenters. The van der Waals surface area contributed by atoms with Crippen molar-refractivity contribution in [3.8, 4) is 11.5 Å². The average Bonchev–Trinajstić information content (AvgIpc) is 2.32. The number of hydrogen-bond acceptors (Lipinski definition) is 4. The monoisotopic (exact) mass is 251 g/mol. The topological polar surface area (TPSA) is 59.0 Å². The lowest BCUT2D eigenvalue weighted by atomic mass is 9.99. The van der Waals surface area contributed by atoms with Crippen LogP contribution in [0.4, 0.5) is 0 Å². The molecule has 1 saturated heterocycles. The molecule has 0 aliphatic carbocycles. The second-order valence-electron chi connectivity index (χ2n) is 4.41. The lowest BCUT2D eigenvalue weighted by Gasteiger charge is -2.36. The molecule has 1 aliphatic heterocycles. The van der Waals surface area contributed by atoms with Crippen LogP contribution in [0.25, 0.3) is 0 Å². The Morgan fingerprint density at radius 1 is 1.39 bits per heavy atom. The minimum atomic E-state index is -0.715. The number of rotatable bonds is 5. The molecule has 0 unspecified atom stereocenters. The van der Waals surface area contributed by atoms with Crippen LogP contribution in [0.1, 0.15) is 5.56 Å². The Morgan fingerprint density at radius 3 is 2.67 bits per heavy atom. The molecule has 1 heterocycles. The Labute approximate surface area is 106 Å². The summed E-state index contributed by atoms with van der Waals surface area (Å²) >= 11 is 0. The van der Waals surface area contributed by atoms with Gasteiger partial charge in [-0.2, -0.15) is 0 Å². The fraction of sp³-hybridized carbons (Fsp3) is 0.462. The highest BCUT2D eigenvalue weighted by Crippen LogP contribution is 2.28. The molecule has 0 amide bonds. The number of benzene rings is 1. The summed E-state index contributed by atoms with van der Waals surface area (Å²) in [6.07, 6.45) is 0. The first-order valence-corrected chi connectivity index (χ1v) is 5.80. The molecule has 1 aliphatic rings. The van der Waals surface area contributed by atoms with E-state index in [0.29, 0.717) is 19.6 Å². The van der Waals surface area contributed by atoms with Crippen LogP contribution in [0.5, 0.6) is 11.5 Å². The van der Waals surface area contributed by atoms with Gasteiger partial charge < -0.3 is 14.6 Å². The Kier molecular flexibility index (Phi) is 3.72. The average molecular weight is 251 g/mol. The van der Waals surface area contributed by atoms with E-state index in [1.54, 1.807) is 14.2 Å². The maximum absolute atomic E-state index is 10.7. The summed E-state index contributed by atoms with van der Waals surface area (Å²) in [7, 11) is 3.23. The van der Waals surface area contributed by atoms with Gasteiger partial charge in [0.15, 0.2) is 0 Å². The minimum Gasteiger partial charge on any atom is -0.497 e. The predicted molar refractivity (Wildman–Crippen MR) is 65.9 cm³/mol. The molecule has 5 nitrogen and oxygen atoms in total. The van der Waals surface area contributed by atoms with E-state index in [0.717, 1.165) is 17.1 Å². The number of carbonyl (C=O) groups is 1. The van der Waals surface area contributed by atoms with Crippen LogP contribution in [0.3, 0.4) is 0 Å². The largest absolute Gasteiger partial charge is 0.497 e. The number of nitrogens with zero attached hydrogens (tertiary/aromatic N) is 1. The van der Waals surface area contributed by atoms with Crippen LogP contribution < -0.4 is 9.47 Å². The molecule has 5 heteroatoms. The van der Waals surface area contributed by atoms with Crippen LogP contribution in [0.2, 0.25) is 0 Å². The van der Waals surface area contributed by atoms with Gasteiger partial charge in [0.05, 0.1) is 20.1 Å². The van der Waals surface area contributed by atoms with Gasteiger partial charge in [0.2, 0.25) is 0 Å². The second kappa shape index (κ2) is 5.27. The number of ether oxygens (including phenoxy) is 2. The van der Waals surface area contributed by atoms with E-state index in [1.165, 1.54) is 0 Å². The Bertz CT molecular complexity index is 441. The fourth-order valence-corrected chi connectivity index (χ4v) is 2.08. The van der Waals surface area contributed by atoms with Crippen LogP contribution in [0, 0.1) is 5.92 Å². The molecule has 0 bridgehead atoms. The molecular formula is C13H17NO4. The van der Waals surface area contributed by atoms with Crippen molar-refractivity contribution >= 4 is 5.97 Å². The van der Waals surface area contributed by atoms with Gasteiger partial charge in [-0.15, -0.1) is 0 Å². The number of carboxylic acids is 1. The number of likely N-dealkylation sites (tertiary alicyclic amines) is 1. The van der Waals surface area contributed by atoms with Gasteiger partial charge in [0.1, 0.15) is 11.5 Å². The Hall–Kier alpha value is -1.75. The van der Waals surface area contributed by atoms with Gasteiger partial charge in [-0.1, -0.05) is 6.07 Å². The lowest BCUT2D eigenvalue weighted by molar-refractivity contribution is -0.147. The molecule has 0 spiro atoms. The van der Waals surface area contributed by atoms with Crippen LogP contribution in [-0.4, -0.2) is 43.3 Å². The van der Waals surface area contributed by atoms with Crippen LogP contribution >= 0.6 is 0 Å². The molecule has 1 aromatic rings. The van der Waals surface area contributed by atoms with E-state index >= 15 is 0 Å². The number of hydrogen-bond donors (Lipinski definition) is 1. The Balaban J connectivity index is 2.00. The normalized spacial score (nSPS) is 16.1. The van der Waals surface area contributed by atoms with Gasteiger partial charge in [0, 0.05) is 31.3 Å². The number of methoxy groups -OCH3 is 2. The van der Waals surface area contributed by atoms with Crippen molar-refractivity contribution in [3.63, 3.8) is 0 Å². The molecule has 1 aromatic carbocycles. The van der Waals surface area contributed by atoms with Gasteiger partial charge >= 0.3 is 5.97 Å². The molecule has 0 saturated carbocycles. The molecule has 98 valence electrons. The van der Waals surface area contributed by atoms with E-state index in [9.17, 15) is 4.79 Å². The molecule has 1 fully saturated rings. The van der Waals surface area contributed by atoms with Crippen LogP contribution in [-0.2, 0) is 11.3 Å². The molecule has 0 aromatic heterocycles. The molecule has 2 rings (SSSR count). The van der Waals surface area contributed by atoms with Gasteiger partial charge in [-0.3, -0.25) is 9.69 Å². The van der Waals surface area contributed by atoms with Crippen molar-refractivity contribution in [3.05, 3.63) is 23.8 Å². The van der Waals surface area contributed by atoms with Crippen molar-refractivity contribution in [1.82, 2.24) is 4.90 Å². The summed E-state index contributed by atoms with van der Waals surface area (Å²) in [5.41, 5.74) is 1.04. The second-order valence-corrected chi connectivity index (χ2v) is 4.41. The van der Waals surface area contributed by atoms with Crippen molar-refractivity contribution in [2.75, 3.05) is 27.3 Å². The zero-order valence-corrected chi connectivity index (χ0v) is 10.5. The molecule has 18 heavy (non-hydrogen) atoms. The van der Waals surface area contributed by atoms with Gasteiger partial charge in [-0.05, 0) is 6.07 Å². The summed E-state index contributed by atoms with van der Waals surface area (Å²) in [6, 6.07) is 5.67. The van der Waals surface area contributed by atoms with Crippen molar-refractivity contribution in [1.29, 1.82) is 0 Å². The van der Waals surface area contributed by atoms with E-state index in [1.807, 2.05) is 18.2 Å². The minimum absolute atomic E-state index is 0.228.